The predicted molar refractivity (Wildman–Crippen MR) is 49.3 cm³/mol. The van der Waals surface area contributed by atoms with Crippen LogP contribution in [0.3, 0.4) is 0 Å². The Bertz CT molecular complexity index is 154. The summed E-state index contributed by atoms with van der Waals surface area (Å²) in [7, 11) is 0. The van der Waals surface area contributed by atoms with Crippen LogP contribution in [0.15, 0.2) is 0 Å². The summed E-state index contributed by atoms with van der Waals surface area (Å²) >= 11 is 0. The molecule has 0 heterocycles. The second kappa shape index (κ2) is 7.20. The van der Waals surface area contributed by atoms with Crippen molar-refractivity contribution in [3.63, 3.8) is 0 Å². The van der Waals surface area contributed by atoms with Gasteiger partial charge in [-0.1, -0.05) is 0 Å². The van der Waals surface area contributed by atoms with Crippen LogP contribution in [0.25, 0.3) is 0 Å². The summed E-state index contributed by atoms with van der Waals surface area (Å²) in [4.78, 5) is 21.6. The molecule has 0 aliphatic carbocycles. The maximum atomic E-state index is 10.8. The van der Waals surface area contributed by atoms with Crippen molar-refractivity contribution in [1.29, 1.82) is 0 Å². The van der Waals surface area contributed by atoms with Crippen LogP contribution in [0.5, 0.6) is 0 Å². The molecule has 0 spiro atoms. The van der Waals surface area contributed by atoms with Crippen molar-refractivity contribution in [2.75, 3.05) is 19.8 Å². The van der Waals surface area contributed by atoms with E-state index in [0.29, 0.717) is 13.1 Å². The Morgan fingerprint density at radius 3 is 1.54 bits per heavy atom. The van der Waals surface area contributed by atoms with Crippen molar-refractivity contribution in [1.82, 2.24) is 21.3 Å². The van der Waals surface area contributed by atoms with Crippen molar-refractivity contribution in [2.45, 2.75) is 13.8 Å². The van der Waals surface area contributed by atoms with Crippen molar-refractivity contribution in [2.24, 2.45) is 0 Å². The molecule has 0 radical (unpaired) electrons. The van der Waals surface area contributed by atoms with Gasteiger partial charge in [-0.05, 0) is 13.8 Å². The largest absolute Gasteiger partial charge is 0.338 e. The molecule has 6 nitrogen and oxygen atoms in total. The molecule has 0 unspecified atom stereocenters. The second-order valence-electron chi connectivity index (χ2n) is 2.25. The molecule has 0 saturated carbocycles. The van der Waals surface area contributed by atoms with Crippen LogP contribution in [0, 0.1) is 0 Å². The summed E-state index contributed by atoms with van der Waals surface area (Å²) < 4.78 is 0. The number of rotatable bonds is 4. The summed E-state index contributed by atoms with van der Waals surface area (Å²) in [6.07, 6.45) is 0. The van der Waals surface area contributed by atoms with Gasteiger partial charge in [0.15, 0.2) is 0 Å². The van der Waals surface area contributed by atoms with Gasteiger partial charge in [0.2, 0.25) is 0 Å². The van der Waals surface area contributed by atoms with Gasteiger partial charge in [-0.3, -0.25) is 0 Å². The molecular formula is C7H16N4O2. The van der Waals surface area contributed by atoms with Crippen LogP contribution in [0.2, 0.25) is 0 Å². The highest BCUT2D eigenvalue weighted by molar-refractivity contribution is 5.76. The van der Waals surface area contributed by atoms with E-state index in [-0.39, 0.29) is 18.7 Å². The van der Waals surface area contributed by atoms with Gasteiger partial charge in [-0.15, -0.1) is 0 Å². The second-order valence-corrected chi connectivity index (χ2v) is 2.25. The van der Waals surface area contributed by atoms with Crippen LogP contribution in [0.4, 0.5) is 9.59 Å². The molecule has 0 aliphatic heterocycles. The Morgan fingerprint density at radius 2 is 1.23 bits per heavy atom. The summed E-state index contributed by atoms with van der Waals surface area (Å²) in [5.74, 6) is 0. The molecule has 0 aromatic heterocycles. The van der Waals surface area contributed by atoms with Gasteiger partial charge < -0.3 is 21.3 Å². The van der Waals surface area contributed by atoms with Gasteiger partial charge in [-0.25, -0.2) is 9.59 Å². The number of carbonyl (C=O) groups is 2. The zero-order valence-corrected chi connectivity index (χ0v) is 7.94. The molecule has 6 heteroatoms. The minimum absolute atomic E-state index is 0.123. The first-order valence-electron chi connectivity index (χ1n) is 4.24. The molecule has 0 rings (SSSR count). The average molecular weight is 188 g/mol. The molecule has 4 amide bonds. The standard InChI is InChI=1S/C7H16N4O2/c1-3-8-6(12)10-5-11-7(13)9-4-2/h3-5H2,1-2H3,(H2,8,10,12)(H2,9,11,13). The highest BCUT2D eigenvalue weighted by Crippen LogP contribution is 1.64. The molecule has 0 saturated heterocycles. The third-order valence-corrected chi connectivity index (χ3v) is 1.17. The summed E-state index contributed by atoms with van der Waals surface area (Å²) in [5, 5.41) is 9.96. The minimum Gasteiger partial charge on any atom is -0.338 e. The Morgan fingerprint density at radius 1 is 0.846 bits per heavy atom. The van der Waals surface area contributed by atoms with E-state index in [1.807, 2.05) is 13.8 Å². The lowest BCUT2D eigenvalue weighted by atomic mass is 10.7. The maximum absolute atomic E-state index is 10.8. The topological polar surface area (TPSA) is 82.3 Å². The fraction of sp³-hybridized carbons (Fsp3) is 0.714. The Labute approximate surface area is 77.5 Å². The summed E-state index contributed by atoms with van der Waals surface area (Å²) in [6.45, 7) is 4.88. The Kier molecular flexibility index (Phi) is 6.39. The first kappa shape index (κ1) is 11.5. The molecular weight excluding hydrogens is 172 g/mol. The van der Waals surface area contributed by atoms with Crippen molar-refractivity contribution in [3.05, 3.63) is 0 Å². The number of nitrogens with one attached hydrogen (secondary N) is 4. The summed E-state index contributed by atoms with van der Waals surface area (Å²) in [5.41, 5.74) is 0. The van der Waals surface area contributed by atoms with E-state index in [2.05, 4.69) is 21.3 Å². The van der Waals surface area contributed by atoms with Gasteiger partial charge in [0.05, 0.1) is 6.67 Å². The molecule has 0 fully saturated rings. The SMILES string of the molecule is CCNC(=O)NCNC(=O)NCC. The van der Waals surface area contributed by atoms with Gasteiger partial charge in [-0.2, -0.15) is 0 Å². The van der Waals surface area contributed by atoms with Crippen LogP contribution in [-0.2, 0) is 0 Å². The number of carbonyl (C=O) groups excluding carboxylic acids is 2. The Hall–Kier alpha value is -1.46. The number of hydrogen-bond donors (Lipinski definition) is 4. The van der Waals surface area contributed by atoms with Crippen LogP contribution < -0.4 is 21.3 Å². The first-order chi connectivity index (χ1) is 6.20. The van der Waals surface area contributed by atoms with Crippen LogP contribution in [-0.4, -0.2) is 31.8 Å². The van der Waals surface area contributed by atoms with Crippen LogP contribution in [0.1, 0.15) is 13.8 Å². The third kappa shape index (κ3) is 6.92. The van der Waals surface area contributed by atoms with Gasteiger partial charge in [0.1, 0.15) is 0 Å². The number of amides is 4. The van der Waals surface area contributed by atoms with Crippen molar-refractivity contribution in [3.8, 4) is 0 Å². The zero-order valence-electron chi connectivity index (χ0n) is 7.94. The van der Waals surface area contributed by atoms with E-state index in [1.54, 1.807) is 0 Å². The minimum atomic E-state index is -0.292. The molecule has 0 aromatic carbocycles. The van der Waals surface area contributed by atoms with Gasteiger partial charge >= 0.3 is 12.1 Å². The molecule has 0 bridgehead atoms. The van der Waals surface area contributed by atoms with Crippen LogP contribution >= 0.6 is 0 Å². The first-order valence-corrected chi connectivity index (χ1v) is 4.24. The third-order valence-electron chi connectivity index (χ3n) is 1.17. The number of urea groups is 2. The molecule has 0 aromatic rings. The number of hydrogen-bond acceptors (Lipinski definition) is 2. The molecule has 76 valence electrons. The van der Waals surface area contributed by atoms with Gasteiger partial charge in [0, 0.05) is 13.1 Å². The average Bonchev–Trinajstić information content (AvgIpc) is 2.05. The zero-order chi connectivity index (χ0) is 10.1. The molecule has 0 atom stereocenters. The van der Waals surface area contributed by atoms with E-state index in [9.17, 15) is 9.59 Å². The van der Waals surface area contributed by atoms with E-state index < -0.39 is 0 Å². The lowest BCUT2D eigenvalue weighted by molar-refractivity contribution is 0.235. The predicted octanol–water partition coefficient (Wildman–Crippen LogP) is -0.418. The normalized spacial score (nSPS) is 8.77. The van der Waals surface area contributed by atoms with Crippen molar-refractivity contribution < 1.29 is 9.59 Å². The van der Waals surface area contributed by atoms with E-state index in [1.165, 1.54) is 0 Å². The van der Waals surface area contributed by atoms with E-state index >= 15 is 0 Å². The van der Waals surface area contributed by atoms with Crippen molar-refractivity contribution >= 4 is 12.1 Å². The fourth-order valence-electron chi connectivity index (χ4n) is 0.651. The highest BCUT2D eigenvalue weighted by atomic mass is 16.2. The monoisotopic (exact) mass is 188 g/mol. The van der Waals surface area contributed by atoms with E-state index in [4.69, 9.17) is 0 Å². The maximum Gasteiger partial charge on any atom is 0.316 e. The smallest absolute Gasteiger partial charge is 0.316 e. The summed E-state index contributed by atoms with van der Waals surface area (Å²) in [6, 6.07) is -0.585. The van der Waals surface area contributed by atoms with Gasteiger partial charge in [0.25, 0.3) is 0 Å². The molecule has 13 heavy (non-hydrogen) atoms. The highest BCUT2D eigenvalue weighted by Gasteiger charge is 1.98. The lowest BCUT2D eigenvalue weighted by Gasteiger charge is -2.07. The fourth-order valence-corrected chi connectivity index (χ4v) is 0.651. The quantitative estimate of drug-likeness (QED) is 0.452. The van der Waals surface area contributed by atoms with E-state index in [0.717, 1.165) is 0 Å². The molecule has 4 N–H and O–H groups in total. The Balaban J connectivity index is 3.33. The lowest BCUT2D eigenvalue weighted by Crippen LogP contribution is -2.45. The molecule has 0 aliphatic rings.